The van der Waals surface area contributed by atoms with E-state index in [1.807, 2.05) is 6.92 Å². The van der Waals surface area contributed by atoms with Gasteiger partial charge in [-0.05, 0) is 6.42 Å². The lowest BCUT2D eigenvalue weighted by atomic mass is 10.2. The highest BCUT2D eigenvalue weighted by Crippen LogP contribution is 2.43. The van der Waals surface area contributed by atoms with Crippen molar-refractivity contribution in [2.75, 3.05) is 26.4 Å². The average molecular weight is 369 g/mol. The van der Waals surface area contributed by atoms with Crippen molar-refractivity contribution in [2.24, 2.45) is 5.73 Å². The molecule has 1 unspecified atom stereocenters. The highest BCUT2D eigenvalue weighted by atomic mass is 31.2. The Labute approximate surface area is 142 Å². The molecule has 0 fully saturated rings. The number of esters is 2. The van der Waals surface area contributed by atoms with E-state index in [2.05, 4.69) is 4.52 Å². The molecule has 0 aromatic carbocycles. The van der Waals surface area contributed by atoms with Gasteiger partial charge in [0.15, 0.2) is 6.10 Å². The molecule has 142 valence electrons. The quantitative estimate of drug-likeness (QED) is 0.265. The number of rotatable bonds is 14. The van der Waals surface area contributed by atoms with Crippen LogP contribution in [0.3, 0.4) is 0 Å². The van der Waals surface area contributed by atoms with E-state index in [1.165, 1.54) is 0 Å². The number of hydrogen-bond acceptors (Lipinski definition) is 8. The Morgan fingerprint density at radius 3 is 2.42 bits per heavy atom. The molecule has 3 N–H and O–H groups in total. The number of nitrogens with two attached hydrogens (primary N) is 1. The van der Waals surface area contributed by atoms with Crippen molar-refractivity contribution >= 4 is 19.8 Å². The summed E-state index contributed by atoms with van der Waals surface area (Å²) in [4.78, 5) is 32.4. The van der Waals surface area contributed by atoms with Crippen LogP contribution in [-0.2, 0) is 32.7 Å². The predicted molar refractivity (Wildman–Crippen MR) is 86.1 cm³/mol. The Morgan fingerprint density at radius 2 is 1.83 bits per heavy atom. The summed E-state index contributed by atoms with van der Waals surface area (Å²) in [5.74, 6) is -0.964. The number of phosphoric ester groups is 1. The molecule has 10 heteroatoms. The molecule has 0 bridgehead atoms. The summed E-state index contributed by atoms with van der Waals surface area (Å²) in [6.45, 7) is 2.82. The maximum absolute atomic E-state index is 11.6. The Bertz CT molecular complexity index is 418. The van der Waals surface area contributed by atoms with E-state index in [1.54, 1.807) is 6.92 Å². The highest BCUT2D eigenvalue weighted by Gasteiger charge is 2.25. The molecule has 0 heterocycles. The molecule has 0 aromatic rings. The van der Waals surface area contributed by atoms with Gasteiger partial charge in [0.25, 0.3) is 0 Å². The van der Waals surface area contributed by atoms with Crippen molar-refractivity contribution in [1.29, 1.82) is 0 Å². The van der Waals surface area contributed by atoms with Crippen molar-refractivity contribution in [3.8, 4) is 0 Å². The smallest absolute Gasteiger partial charge is 0.462 e. The number of phosphoric acid groups is 1. The van der Waals surface area contributed by atoms with Crippen LogP contribution in [0.5, 0.6) is 0 Å². The molecular formula is C14H28NO8P. The largest absolute Gasteiger partial charge is 0.472 e. The zero-order chi connectivity index (χ0) is 18.4. The SMILES string of the molecule is CCCCCC(=O)OC[C@H](COP(=O)(O)OCCN)OC(=O)CC. The number of carbonyl (C=O) groups excluding carboxylic acids is 2. The molecule has 0 aromatic heterocycles. The molecule has 0 saturated heterocycles. The van der Waals surface area contributed by atoms with Crippen molar-refractivity contribution in [2.45, 2.75) is 52.1 Å². The maximum atomic E-state index is 11.6. The summed E-state index contributed by atoms with van der Waals surface area (Å²) in [5, 5.41) is 0. The van der Waals surface area contributed by atoms with Crippen LogP contribution >= 0.6 is 7.82 Å². The summed E-state index contributed by atoms with van der Waals surface area (Å²) in [6.07, 6.45) is 1.99. The molecule has 0 amide bonds. The Morgan fingerprint density at radius 1 is 1.12 bits per heavy atom. The van der Waals surface area contributed by atoms with Gasteiger partial charge in [-0.15, -0.1) is 0 Å². The van der Waals surface area contributed by atoms with Crippen molar-refractivity contribution in [1.82, 2.24) is 0 Å². The van der Waals surface area contributed by atoms with Gasteiger partial charge in [0.1, 0.15) is 6.61 Å². The minimum Gasteiger partial charge on any atom is -0.462 e. The lowest BCUT2D eigenvalue weighted by Crippen LogP contribution is -2.29. The van der Waals surface area contributed by atoms with E-state index in [4.69, 9.17) is 19.7 Å². The van der Waals surface area contributed by atoms with Gasteiger partial charge in [-0.3, -0.25) is 18.6 Å². The summed E-state index contributed by atoms with van der Waals surface area (Å²) < 4.78 is 30.9. The lowest BCUT2D eigenvalue weighted by molar-refractivity contribution is -0.161. The third-order valence-corrected chi connectivity index (χ3v) is 3.78. The molecule has 9 nitrogen and oxygen atoms in total. The van der Waals surface area contributed by atoms with Crippen molar-refractivity contribution < 1.29 is 37.6 Å². The highest BCUT2D eigenvalue weighted by molar-refractivity contribution is 7.47. The second kappa shape index (κ2) is 13.3. The molecule has 0 radical (unpaired) electrons. The molecule has 24 heavy (non-hydrogen) atoms. The van der Waals surface area contributed by atoms with E-state index in [0.29, 0.717) is 6.42 Å². The molecule has 2 atom stereocenters. The fourth-order valence-corrected chi connectivity index (χ4v) is 2.31. The van der Waals surface area contributed by atoms with Crippen LogP contribution in [0.4, 0.5) is 0 Å². The van der Waals surface area contributed by atoms with E-state index < -0.39 is 32.5 Å². The van der Waals surface area contributed by atoms with E-state index in [-0.39, 0.29) is 32.6 Å². The topological polar surface area (TPSA) is 134 Å². The summed E-state index contributed by atoms with van der Waals surface area (Å²) in [5.41, 5.74) is 5.17. The van der Waals surface area contributed by atoms with Gasteiger partial charge in [-0.25, -0.2) is 4.57 Å². The van der Waals surface area contributed by atoms with Crippen LogP contribution in [0.1, 0.15) is 46.0 Å². The average Bonchev–Trinajstić information content (AvgIpc) is 2.55. The zero-order valence-electron chi connectivity index (χ0n) is 14.3. The molecule has 0 spiro atoms. The molecule has 0 saturated carbocycles. The van der Waals surface area contributed by atoms with Gasteiger partial charge in [-0.1, -0.05) is 26.7 Å². The second-order valence-electron chi connectivity index (χ2n) is 4.99. The van der Waals surface area contributed by atoms with Gasteiger partial charge >= 0.3 is 19.8 Å². The van der Waals surface area contributed by atoms with E-state index in [0.717, 1.165) is 12.8 Å². The van der Waals surface area contributed by atoms with Gasteiger partial charge < -0.3 is 20.1 Å². The minimum absolute atomic E-state index is 0.0531. The molecule has 0 aliphatic carbocycles. The maximum Gasteiger partial charge on any atom is 0.472 e. The summed E-state index contributed by atoms with van der Waals surface area (Å²) >= 11 is 0. The van der Waals surface area contributed by atoms with Gasteiger partial charge in [-0.2, -0.15) is 0 Å². The van der Waals surface area contributed by atoms with Crippen LogP contribution in [0, 0.1) is 0 Å². The predicted octanol–water partition coefficient (Wildman–Crippen LogP) is 1.52. The van der Waals surface area contributed by atoms with Crippen molar-refractivity contribution in [3.05, 3.63) is 0 Å². The second-order valence-corrected chi connectivity index (χ2v) is 6.45. The van der Waals surface area contributed by atoms with Crippen LogP contribution in [-0.4, -0.2) is 49.3 Å². The van der Waals surface area contributed by atoms with Crippen LogP contribution in [0.25, 0.3) is 0 Å². The van der Waals surface area contributed by atoms with Crippen LogP contribution in [0.2, 0.25) is 0 Å². The molecule has 0 rings (SSSR count). The van der Waals surface area contributed by atoms with Crippen LogP contribution < -0.4 is 5.73 Å². The summed E-state index contributed by atoms with van der Waals surface area (Å²) in [7, 11) is -4.30. The molecule has 0 aliphatic rings. The normalized spacial score (nSPS) is 14.7. The Kier molecular flexibility index (Phi) is 12.8. The van der Waals surface area contributed by atoms with Gasteiger partial charge in [0, 0.05) is 19.4 Å². The molecule has 0 aliphatic heterocycles. The zero-order valence-corrected chi connectivity index (χ0v) is 15.2. The number of hydrogen-bond donors (Lipinski definition) is 2. The fraction of sp³-hybridized carbons (Fsp3) is 0.857. The molecular weight excluding hydrogens is 341 g/mol. The number of carbonyl (C=O) groups is 2. The third kappa shape index (κ3) is 12.4. The van der Waals surface area contributed by atoms with Crippen LogP contribution in [0.15, 0.2) is 0 Å². The Balaban J connectivity index is 4.39. The first-order valence-corrected chi connectivity index (χ1v) is 9.51. The first-order valence-electron chi connectivity index (χ1n) is 8.01. The van der Waals surface area contributed by atoms with Gasteiger partial charge in [0.05, 0.1) is 13.2 Å². The standard InChI is InChI=1S/C14H28NO8P/c1-3-5-6-7-14(17)20-10-12(23-13(16)4-2)11-22-24(18,19)21-9-8-15/h12H,3-11,15H2,1-2H3,(H,18,19)/t12-/m1/s1. The first kappa shape index (κ1) is 23.0. The number of unbranched alkanes of at least 4 members (excludes halogenated alkanes) is 2. The van der Waals surface area contributed by atoms with Crippen molar-refractivity contribution in [3.63, 3.8) is 0 Å². The van der Waals surface area contributed by atoms with Gasteiger partial charge in [0.2, 0.25) is 0 Å². The monoisotopic (exact) mass is 369 g/mol. The fourth-order valence-electron chi connectivity index (χ4n) is 1.55. The minimum atomic E-state index is -4.30. The lowest BCUT2D eigenvalue weighted by Gasteiger charge is -2.19. The third-order valence-electron chi connectivity index (χ3n) is 2.80. The number of ether oxygens (including phenoxy) is 2. The van der Waals surface area contributed by atoms with E-state index in [9.17, 15) is 19.0 Å². The first-order chi connectivity index (χ1) is 11.3. The van der Waals surface area contributed by atoms with E-state index >= 15 is 0 Å². The Hall–Kier alpha value is -0.990. The summed E-state index contributed by atoms with van der Waals surface area (Å²) in [6, 6.07) is 0.